The number of nitrogens with zero attached hydrogens (tertiary/aromatic N) is 2. The van der Waals surface area contributed by atoms with Gasteiger partial charge in [-0.1, -0.05) is 18.7 Å². The Morgan fingerprint density at radius 1 is 1.45 bits per heavy atom. The van der Waals surface area contributed by atoms with Crippen LogP contribution in [0.15, 0.2) is 35.6 Å². The number of carbonyl (C=O) groups excluding carboxylic acids is 1. The number of likely N-dealkylation sites (N-methyl/N-ethyl adjacent to an activating group) is 1. The molecule has 1 saturated carbocycles. The van der Waals surface area contributed by atoms with Gasteiger partial charge in [-0.05, 0) is 25.3 Å². The molecule has 0 bridgehead atoms. The first-order valence-electron chi connectivity index (χ1n) is 10.0. The second-order valence-electron chi connectivity index (χ2n) is 8.28. The van der Waals surface area contributed by atoms with Crippen molar-refractivity contribution >= 4 is 16.0 Å². The molecule has 1 unspecified atom stereocenters. The van der Waals surface area contributed by atoms with Gasteiger partial charge in [0.2, 0.25) is 0 Å². The van der Waals surface area contributed by atoms with Crippen LogP contribution in [0.3, 0.4) is 0 Å². The van der Waals surface area contributed by atoms with Crippen LogP contribution in [0.4, 0.5) is 0 Å². The van der Waals surface area contributed by atoms with Crippen LogP contribution in [0.1, 0.15) is 26.2 Å². The highest BCUT2D eigenvalue weighted by Crippen LogP contribution is 2.50. The van der Waals surface area contributed by atoms with Crippen LogP contribution in [-0.2, 0) is 19.1 Å². The van der Waals surface area contributed by atoms with Crippen LogP contribution in [0.25, 0.3) is 0 Å². The molecule has 2 aliphatic heterocycles. The fourth-order valence-electron chi connectivity index (χ4n) is 4.75. The number of rotatable bonds is 8. The van der Waals surface area contributed by atoms with E-state index in [0.717, 1.165) is 49.9 Å². The first-order chi connectivity index (χ1) is 13.6. The Labute approximate surface area is 173 Å². The van der Waals surface area contributed by atoms with Gasteiger partial charge in [0, 0.05) is 50.8 Å². The number of nitrogens with one attached hydrogen (secondary N) is 1. The van der Waals surface area contributed by atoms with E-state index in [1.54, 1.807) is 6.08 Å². The van der Waals surface area contributed by atoms with E-state index in [0.29, 0.717) is 18.7 Å². The lowest BCUT2D eigenvalue weighted by Gasteiger charge is -2.60. The second-order valence-corrected chi connectivity index (χ2v) is 9.88. The first kappa shape index (κ1) is 22.0. The molecule has 3 N–H and O–H groups in total. The minimum absolute atomic E-state index is 0.00727. The highest BCUT2D eigenvalue weighted by molar-refractivity contribution is 7.86. The summed E-state index contributed by atoms with van der Waals surface area (Å²) in [4.78, 5) is 17.0. The molecule has 0 radical (unpaired) electrons. The first-order valence-corrected chi connectivity index (χ1v) is 11.9. The van der Waals surface area contributed by atoms with Gasteiger partial charge in [0.25, 0.3) is 16.0 Å². The van der Waals surface area contributed by atoms with Crippen LogP contribution in [0.5, 0.6) is 0 Å². The maximum absolute atomic E-state index is 13.1. The quantitative estimate of drug-likeness (QED) is 0.433. The minimum atomic E-state index is -3.42. The van der Waals surface area contributed by atoms with Crippen molar-refractivity contribution < 1.29 is 17.4 Å². The average Bonchev–Trinajstić information content (AvgIpc) is 2.59. The summed E-state index contributed by atoms with van der Waals surface area (Å²) in [7, 11) is -1.59. The lowest BCUT2D eigenvalue weighted by atomic mass is 9.61. The van der Waals surface area contributed by atoms with Crippen molar-refractivity contribution in [1.29, 1.82) is 0 Å². The normalized spacial score (nSPS) is 24.3. The van der Waals surface area contributed by atoms with E-state index in [2.05, 4.69) is 16.8 Å². The number of allylic oxidation sites excluding steroid dienone is 2. The fraction of sp³-hybridized carbons (Fsp3) is 0.650. The summed E-state index contributed by atoms with van der Waals surface area (Å²) < 4.78 is 27.7. The highest BCUT2D eigenvalue weighted by Gasteiger charge is 2.55. The lowest BCUT2D eigenvalue weighted by Crippen LogP contribution is -2.68. The summed E-state index contributed by atoms with van der Waals surface area (Å²) >= 11 is 0. The second kappa shape index (κ2) is 8.22. The largest absolute Gasteiger partial charge is 0.391 e. The van der Waals surface area contributed by atoms with Gasteiger partial charge in [-0.3, -0.25) is 13.9 Å². The molecule has 0 aromatic carbocycles. The van der Waals surface area contributed by atoms with Crippen molar-refractivity contribution in [1.82, 2.24) is 15.1 Å². The molecule has 162 valence electrons. The molecule has 0 aromatic rings. The predicted molar refractivity (Wildman–Crippen MR) is 112 cm³/mol. The Balaban J connectivity index is 1.71. The van der Waals surface area contributed by atoms with Gasteiger partial charge in [0.05, 0.1) is 24.1 Å². The van der Waals surface area contributed by atoms with Gasteiger partial charge in [-0.25, -0.2) is 0 Å². The Morgan fingerprint density at radius 2 is 2.10 bits per heavy atom. The number of nitrogens with two attached hydrogens (primary N) is 1. The van der Waals surface area contributed by atoms with Crippen molar-refractivity contribution in [3.8, 4) is 0 Å². The zero-order chi connectivity index (χ0) is 21.4. The third kappa shape index (κ3) is 4.42. The Morgan fingerprint density at radius 3 is 2.62 bits per heavy atom. The van der Waals surface area contributed by atoms with Crippen molar-refractivity contribution in [2.45, 2.75) is 38.5 Å². The van der Waals surface area contributed by atoms with Crippen molar-refractivity contribution in [2.24, 2.45) is 11.1 Å². The Bertz CT molecular complexity index is 835. The maximum atomic E-state index is 13.1. The predicted octanol–water partition coefficient (Wildman–Crippen LogP) is 0.550. The summed E-state index contributed by atoms with van der Waals surface area (Å²) in [5.41, 5.74) is 8.98. The SMILES string of the molecule is C=C/C=C(/C1=C(NC)CCN(CC)C1=O)C(N)N1CC2(CC(OS(C)(=O)=O)C2)C1. The third-order valence-corrected chi connectivity index (χ3v) is 6.75. The van der Waals surface area contributed by atoms with E-state index in [9.17, 15) is 13.2 Å². The van der Waals surface area contributed by atoms with Crippen molar-refractivity contribution in [2.75, 3.05) is 39.5 Å². The molecule has 1 amide bonds. The van der Waals surface area contributed by atoms with Crippen LogP contribution in [0, 0.1) is 5.41 Å². The average molecular weight is 425 g/mol. The zero-order valence-electron chi connectivity index (χ0n) is 17.5. The molecule has 8 nitrogen and oxygen atoms in total. The monoisotopic (exact) mass is 424 g/mol. The molecule has 1 aliphatic carbocycles. The maximum Gasteiger partial charge on any atom is 0.264 e. The Hall–Kier alpha value is -1.68. The van der Waals surface area contributed by atoms with Crippen LogP contribution in [-0.4, -0.2) is 75.9 Å². The fourth-order valence-corrected chi connectivity index (χ4v) is 5.39. The van der Waals surface area contributed by atoms with E-state index in [1.165, 1.54) is 0 Å². The smallest absolute Gasteiger partial charge is 0.264 e. The number of amides is 1. The van der Waals surface area contributed by atoms with Crippen molar-refractivity contribution in [3.63, 3.8) is 0 Å². The molecule has 1 atom stereocenters. The third-order valence-electron chi connectivity index (χ3n) is 6.13. The van der Waals surface area contributed by atoms with Gasteiger partial charge in [0.15, 0.2) is 0 Å². The van der Waals surface area contributed by atoms with Gasteiger partial charge < -0.3 is 16.0 Å². The summed E-state index contributed by atoms with van der Waals surface area (Å²) in [6, 6.07) is 0. The van der Waals surface area contributed by atoms with E-state index in [1.807, 2.05) is 24.9 Å². The molecule has 9 heteroatoms. The highest BCUT2D eigenvalue weighted by atomic mass is 32.2. The molecule has 3 rings (SSSR count). The molecule has 0 aromatic heterocycles. The summed E-state index contributed by atoms with van der Waals surface area (Å²) in [6.07, 6.45) is 6.13. The molecule has 1 spiro atoms. The van der Waals surface area contributed by atoms with Crippen LogP contribution in [0.2, 0.25) is 0 Å². The summed E-state index contributed by atoms with van der Waals surface area (Å²) in [5.74, 6) is -0.00727. The Kier molecular flexibility index (Phi) is 6.24. The zero-order valence-corrected chi connectivity index (χ0v) is 18.3. The van der Waals surface area contributed by atoms with E-state index >= 15 is 0 Å². The van der Waals surface area contributed by atoms with Gasteiger partial charge >= 0.3 is 0 Å². The number of hydrogen-bond donors (Lipinski definition) is 2. The molecule has 2 heterocycles. The minimum Gasteiger partial charge on any atom is -0.391 e. The topological polar surface area (TPSA) is 105 Å². The molecule has 3 aliphatic rings. The molecular formula is C20H32N4O4S. The molecule has 29 heavy (non-hydrogen) atoms. The summed E-state index contributed by atoms with van der Waals surface area (Å²) in [5, 5.41) is 3.17. The van der Waals surface area contributed by atoms with E-state index in [-0.39, 0.29) is 17.4 Å². The van der Waals surface area contributed by atoms with Crippen molar-refractivity contribution in [3.05, 3.63) is 35.6 Å². The van der Waals surface area contributed by atoms with Gasteiger partial charge in [0.1, 0.15) is 0 Å². The van der Waals surface area contributed by atoms with Gasteiger partial charge in [-0.15, -0.1) is 0 Å². The number of hydrogen-bond acceptors (Lipinski definition) is 7. The van der Waals surface area contributed by atoms with Gasteiger partial charge in [-0.2, -0.15) is 8.42 Å². The van der Waals surface area contributed by atoms with Crippen LogP contribution < -0.4 is 11.1 Å². The number of likely N-dealkylation sites (tertiary alicyclic amines) is 1. The summed E-state index contributed by atoms with van der Waals surface area (Å²) in [6.45, 7) is 8.66. The van der Waals surface area contributed by atoms with E-state index in [4.69, 9.17) is 9.92 Å². The van der Waals surface area contributed by atoms with Crippen LogP contribution >= 0.6 is 0 Å². The number of carbonyl (C=O) groups is 1. The standard InChI is InChI=1S/C20H32N4O4S/c1-5-7-15(17-16(22-3)8-9-23(6-2)19(17)25)18(21)24-12-20(13-24)10-14(11-20)28-29(4,26)27/h5,7,14,18,22H,1,6,8-13,21H2,2-4H3/b15-7-. The molecular weight excluding hydrogens is 392 g/mol. The van der Waals surface area contributed by atoms with E-state index < -0.39 is 16.3 Å². The molecule has 1 saturated heterocycles. The lowest BCUT2D eigenvalue weighted by molar-refractivity contribution is -0.129. The molecule has 2 fully saturated rings.